The molecule has 1 atom stereocenters. The van der Waals surface area contributed by atoms with Gasteiger partial charge in [-0.15, -0.1) is 13.2 Å². The van der Waals surface area contributed by atoms with Gasteiger partial charge in [-0.05, 0) is 49.4 Å². The van der Waals surface area contributed by atoms with Crippen molar-refractivity contribution < 1.29 is 27.8 Å². The second kappa shape index (κ2) is 8.96. The van der Waals surface area contributed by atoms with E-state index < -0.39 is 29.6 Å². The van der Waals surface area contributed by atoms with Crippen molar-refractivity contribution >= 4 is 5.91 Å². The highest BCUT2D eigenvalue weighted by molar-refractivity contribution is 5.95. The van der Waals surface area contributed by atoms with Gasteiger partial charge in [0.2, 0.25) is 0 Å². The Balaban J connectivity index is 2.09. The van der Waals surface area contributed by atoms with Gasteiger partial charge >= 0.3 is 6.36 Å². The van der Waals surface area contributed by atoms with Crippen LogP contribution < -0.4 is 15.6 Å². The van der Waals surface area contributed by atoms with Crippen LogP contribution in [-0.4, -0.2) is 44.8 Å². The van der Waals surface area contributed by atoms with Crippen molar-refractivity contribution in [3.05, 3.63) is 70.8 Å². The molecule has 3 rings (SSSR count). The van der Waals surface area contributed by atoms with E-state index in [1.54, 1.807) is 19.1 Å². The Hall–Kier alpha value is -3.73. The Labute approximate surface area is 173 Å². The van der Waals surface area contributed by atoms with Crippen LogP contribution in [0.2, 0.25) is 0 Å². The average Bonchev–Trinajstić information content (AvgIpc) is 2.74. The summed E-state index contributed by atoms with van der Waals surface area (Å²) in [4.78, 5) is 29.4. The molecule has 2 N–H and O–H groups in total. The zero-order valence-electron chi connectivity index (χ0n) is 16.1. The first kappa shape index (κ1) is 22.0. The maximum Gasteiger partial charge on any atom is 0.573 e. The summed E-state index contributed by atoms with van der Waals surface area (Å²) < 4.78 is 42.0. The van der Waals surface area contributed by atoms with Crippen molar-refractivity contribution in [2.24, 2.45) is 0 Å². The zero-order valence-corrected chi connectivity index (χ0v) is 16.1. The molecule has 11 heteroatoms. The number of nitrogens with zero attached hydrogens (tertiary/aromatic N) is 3. The molecule has 3 aromatic rings. The van der Waals surface area contributed by atoms with Crippen LogP contribution in [0.15, 0.2) is 59.7 Å². The standard InChI is InChI=1S/C20H17F3N4O4/c1-12(11-28)25-18(29)16-9-17(13-4-6-15(7-5-13)31-20(21,22)23)26-27(19(16)30)14-3-2-8-24-10-14/h2-10,12,28H,11H2,1H3,(H,25,29)/t12-/m0/s1. The predicted molar refractivity (Wildman–Crippen MR) is 104 cm³/mol. The Bertz CT molecular complexity index is 1120. The lowest BCUT2D eigenvalue weighted by molar-refractivity contribution is -0.274. The van der Waals surface area contributed by atoms with Crippen LogP contribution in [-0.2, 0) is 0 Å². The lowest BCUT2D eigenvalue weighted by atomic mass is 10.1. The van der Waals surface area contributed by atoms with E-state index in [9.17, 15) is 22.8 Å². The van der Waals surface area contributed by atoms with Gasteiger partial charge in [-0.2, -0.15) is 9.78 Å². The Morgan fingerprint density at radius 2 is 1.97 bits per heavy atom. The second-order valence-corrected chi connectivity index (χ2v) is 6.50. The quantitative estimate of drug-likeness (QED) is 0.617. The molecule has 1 aromatic carbocycles. The van der Waals surface area contributed by atoms with Crippen LogP contribution in [0.1, 0.15) is 17.3 Å². The van der Waals surface area contributed by atoms with E-state index in [-0.39, 0.29) is 23.6 Å². The van der Waals surface area contributed by atoms with Crippen molar-refractivity contribution in [2.45, 2.75) is 19.3 Å². The number of carbonyl (C=O) groups is 1. The monoisotopic (exact) mass is 434 g/mol. The molecular formula is C20H17F3N4O4. The molecule has 0 fully saturated rings. The number of aliphatic hydroxyl groups excluding tert-OH is 1. The molecule has 0 aliphatic carbocycles. The summed E-state index contributed by atoms with van der Waals surface area (Å²) in [7, 11) is 0. The number of hydrogen-bond donors (Lipinski definition) is 2. The summed E-state index contributed by atoms with van der Waals surface area (Å²) in [6.07, 6.45) is -1.97. The minimum absolute atomic E-state index is 0.156. The highest BCUT2D eigenvalue weighted by atomic mass is 19.4. The summed E-state index contributed by atoms with van der Waals surface area (Å²) in [5.74, 6) is -1.16. The zero-order chi connectivity index (χ0) is 22.6. The van der Waals surface area contributed by atoms with E-state index in [1.165, 1.54) is 30.6 Å². The van der Waals surface area contributed by atoms with Gasteiger partial charge in [-0.3, -0.25) is 14.6 Å². The fourth-order valence-corrected chi connectivity index (χ4v) is 2.63. The Morgan fingerprint density at radius 1 is 1.26 bits per heavy atom. The van der Waals surface area contributed by atoms with Gasteiger partial charge in [-0.1, -0.05) is 0 Å². The molecule has 0 radical (unpaired) electrons. The summed E-state index contributed by atoms with van der Waals surface area (Å²) in [5, 5.41) is 15.9. The first-order chi connectivity index (χ1) is 14.7. The second-order valence-electron chi connectivity index (χ2n) is 6.50. The predicted octanol–water partition coefficient (Wildman–Crippen LogP) is 2.30. The Morgan fingerprint density at radius 3 is 2.55 bits per heavy atom. The number of alkyl halides is 3. The molecule has 162 valence electrons. The van der Waals surface area contributed by atoms with Gasteiger partial charge in [0.25, 0.3) is 11.5 Å². The van der Waals surface area contributed by atoms with Crippen molar-refractivity contribution in [1.29, 1.82) is 0 Å². The molecule has 0 aliphatic rings. The SMILES string of the molecule is C[C@@H](CO)NC(=O)c1cc(-c2ccc(OC(F)(F)F)cc2)nn(-c2cccnc2)c1=O. The maximum absolute atomic E-state index is 12.9. The van der Waals surface area contributed by atoms with Gasteiger partial charge in [0.15, 0.2) is 0 Å². The number of benzene rings is 1. The van der Waals surface area contributed by atoms with E-state index in [2.05, 4.69) is 20.1 Å². The van der Waals surface area contributed by atoms with Crippen LogP contribution in [0.4, 0.5) is 13.2 Å². The number of pyridine rings is 1. The average molecular weight is 434 g/mol. The van der Waals surface area contributed by atoms with E-state index in [0.29, 0.717) is 5.56 Å². The molecular weight excluding hydrogens is 417 g/mol. The third kappa shape index (κ3) is 5.45. The number of amides is 1. The van der Waals surface area contributed by atoms with Crippen molar-refractivity contribution in [3.63, 3.8) is 0 Å². The summed E-state index contributed by atoms with van der Waals surface area (Å²) in [6, 6.07) is 8.59. The minimum atomic E-state index is -4.83. The number of aliphatic hydroxyl groups is 1. The number of aromatic nitrogens is 3. The molecule has 2 aromatic heterocycles. The third-order valence-electron chi connectivity index (χ3n) is 4.08. The number of carbonyl (C=O) groups excluding carboxylic acids is 1. The minimum Gasteiger partial charge on any atom is -0.406 e. The lowest BCUT2D eigenvalue weighted by Gasteiger charge is -2.14. The first-order valence-electron chi connectivity index (χ1n) is 9.00. The first-order valence-corrected chi connectivity index (χ1v) is 9.00. The van der Waals surface area contributed by atoms with E-state index in [0.717, 1.165) is 16.8 Å². The van der Waals surface area contributed by atoms with E-state index >= 15 is 0 Å². The fourth-order valence-electron chi connectivity index (χ4n) is 2.63. The van der Waals surface area contributed by atoms with Crippen LogP contribution in [0.25, 0.3) is 16.9 Å². The molecule has 0 aliphatic heterocycles. The van der Waals surface area contributed by atoms with Crippen LogP contribution in [0.5, 0.6) is 5.75 Å². The van der Waals surface area contributed by atoms with Gasteiger partial charge in [0.1, 0.15) is 11.3 Å². The molecule has 0 unspecified atom stereocenters. The molecule has 0 saturated heterocycles. The van der Waals surface area contributed by atoms with Gasteiger partial charge in [-0.25, -0.2) is 0 Å². The molecule has 8 nitrogen and oxygen atoms in total. The van der Waals surface area contributed by atoms with Crippen molar-refractivity contribution in [3.8, 4) is 22.7 Å². The summed E-state index contributed by atoms with van der Waals surface area (Å²) in [6.45, 7) is 1.22. The number of ether oxygens (including phenoxy) is 1. The lowest BCUT2D eigenvalue weighted by Crippen LogP contribution is -2.39. The highest BCUT2D eigenvalue weighted by Gasteiger charge is 2.31. The maximum atomic E-state index is 12.9. The largest absolute Gasteiger partial charge is 0.573 e. The van der Waals surface area contributed by atoms with Gasteiger partial charge in [0, 0.05) is 17.8 Å². The summed E-state index contributed by atoms with van der Waals surface area (Å²) >= 11 is 0. The van der Waals surface area contributed by atoms with Crippen LogP contribution in [0, 0.1) is 0 Å². The fraction of sp³-hybridized carbons (Fsp3) is 0.200. The molecule has 31 heavy (non-hydrogen) atoms. The van der Waals surface area contributed by atoms with E-state index in [1.807, 2.05) is 0 Å². The molecule has 1 amide bonds. The molecule has 0 saturated carbocycles. The van der Waals surface area contributed by atoms with Crippen LogP contribution >= 0.6 is 0 Å². The van der Waals surface area contributed by atoms with Crippen molar-refractivity contribution in [2.75, 3.05) is 6.61 Å². The number of rotatable bonds is 6. The Kier molecular flexibility index (Phi) is 6.35. The number of halogens is 3. The van der Waals surface area contributed by atoms with Crippen molar-refractivity contribution in [1.82, 2.24) is 20.1 Å². The smallest absolute Gasteiger partial charge is 0.406 e. The van der Waals surface area contributed by atoms with Gasteiger partial charge < -0.3 is 15.2 Å². The molecule has 0 spiro atoms. The molecule has 0 bridgehead atoms. The summed E-state index contributed by atoms with van der Waals surface area (Å²) in [5.41, 5.74) is -0.197. The number of nitrogens with one attached hydrogen (secondary N) is 1. The highest BCUT2D eigenvalue weighted by Crippen LogP contribution is 2.26. The number of hydrogen-bond acceptors (Lipinski definition) is 6. The topological polar surface area (TPSA) is 106 Å². The normalized spacial score (nSPS) is 12.3. The molecule has 2 heterocycles. The van der Waals surface area contributed by atoms with E-state index in [4.69, 9.17) is 5.11 Å². The van der Waals surface area contributed by atoms with Crippen LogP contribution in [0.3, 0.4) is 0 Å². The third-order valence-corrected chi connectivity index (χ3v) is 4.08. The van der Waals surface area contributed by atoms with Gasteiger partial charge in [0.05, 0.1) is 24.2 Å².